The number of sulfone groups is 1. The van der Waals surface area contributed by atoms with Gasteiger partial charge in [0.1, 0.15) is 6.54 Å². The van der Waals surface area contributed by atoms with E-state index in [9.17, 15) is 21.6 Å². The Hall–Kier alpha value is -2.88. The van der Waals surface area contributed by atoms with Gasteiger partial charge in [-0.05, 0) is 55.0 Å². The largest absolute Gasteiger partial charge is 0.348 e. The highest BCUT2D eigenvalue weighted by atomic mass is 35.5. The zero-order chi connectivity index (χ0) is 24.2. The van der Waals surface area contributed by atoms with Crippen molar-refractivity contribution in [1.82, 2.24) is 5.32 Å². The van der Waals surface area contributed by atoms with Crippen LogP contribution < -0.4 is 9.62 Å². The molecule has 0 unspecified atom stereocenters. The zero-order valence-corrected chi connectivity index (χ0v) is 20.4. The number of carbonyl (C=O) groups excluding carboxylic acids is 1. The summed E-state index contributed by atoms with van der Waals surface area (Å²) in [6.45, 7) is 1.26. The molecular formula is C23H23ClN2O5S2. The first-order valence-corrected chi connectivity index (χ1v) is 13.6. The van der Waals surface area contributed by atoms with Crippen molar-refractivity contribution in [2.75, 3.05) is 17.1 Å². The number of benzene rings is 3. The highest BCUT2D eigenvalue weighted by molar-refractivity contribution is 7.93. The highest BCUT2D eigenvalue weighted by Crippen LogP contribution is 2.26. The van der Waals surface area contributed by atoms with Crippen molar-refractivity contribution in [2.45, 2.75) is 22.8 Å². The SMILES string of the molecule is C[C@H](NC(=O)CN(c1cccc(Cl)c1)S(=O)(=O)c1ccccc1)c1ccc(S(C)(=O)=O)cc1. The van der Waals surface area contributed by atoms with Gasteiger partial charge in [0.15, 0.2) is 9.84 Å². The van der Waals surface area contributed by atoms with Crippen LogP contribution in [0.25, 0.3) is 0 Å². The van der Waals surface area contributed by atoms with Crippen molar-refractivity contribution in [3.05, 3.63) is 89.4 Å². The molecule has 7 nitrogen and oxygen atoms in total. The summed E-state index contributed by atoms with van der Waals surface area (Å²) in [5.74, 6) is -0.533. The number of sulfonamides is 1. The van der Waals surface area contributed by atoms with Gasteiger partial charge in [0.05, 0.1) is 21.5 Å². The first-order chi connectivity index (χ1) is 15.5. The Labute approximate surface area is 199 Å². The number of carbonyl (C=O) groups is 1. The van der Waals surface area contributed by atoms with Crippen molar-refractivity contribution in [2.24, 2.45) is 0 Å². The fourth-order valence-electron chi connectivity index (χ4n) is 3.17. The molecule has 0 aromatic heterocycles. The molecule has 0 fully saturated rings. The van der Waals surface area contributed by atoms with Gasteiger partial charge >= 0.3 is 0 Å². The zero-order valence-electron chi connectivity index (χ0n) is 18.0. The standard InChI is InChI=1S/C23H23ClN2O5S2/c1-17(18-11-13-21(14-12-18)32(2,28)29)25-23(27)16-26(20-8-6-7-19(24)15-20)33(30,31)22-9-4-3-5-10-22/h3-15,17H,16H2,1-2H3,(H,25,27)/t17-/m0/s1. The van der Waals surface area contributed by atoms with Crippen LogP contribution in [0.4, 0.5) is 5.69 Å². The number of hydrogen-bond acceptors (Lipinski definition) is 5. The lowest BCUT2D eigenvalue weighted by Crippen LogP contribution is -2.41. The van der Waals surface area contributed by atoms with E-state index in [1.165, 1.54) is 30.3 Å². The molecular weight excluding hydrogens is 484 g/mol. The van der Waals surface area contributed by atoms with E-state index in [4.69, 9.17) is 11.6 Å². The molecule has 174 valence electrons. The molecule has 0 saturated carbocycles. The lowest BCUT2D eigenvalue weighted by molar-refractivity contribution is -0.120. The monoisotopic (exact) mass is 506 g/mol. The van der Waals surface area contributed by atoms with Crippen molar-refractivity contribution in [1.29, 1.82) is 0 Å². The minimum absolute atomic E-state index is 0.0437. The summed E-state index contributed by atoms with van der Waals surface area (Å²) in [6, 6.07) is 19.7. The summed E-state index contributed by atoms with van der Waals surface area (Å²) in [4.78, 5) is 13.1. The second kappa shape index (κ2) is 9.94. The van der Waals surface area contributed by atoms with Gasteiger partial charge in [-0.2, -0.15) is 0 Å². The van der Waals surface area contributed by atoms with Gasteiger partial charge in [0.25, 0.3) is 10.0 Å². The lowest BCUT2D eigenvalue weighted by atomic mass is 10.1. The molecule has 0 aliphatic carbocycles. The van der Waals surface area contributed by atoms with Crippen LogP contribution in [0.2, 0.25) is 5.02 Å². The van der Waals surface area contributed by atoms with Crippen LogP contribution in [0.1, 0.15) is 18.5 Å². The van der Waals surface area contributed by atoms with Gasteiger partial charge in [0.2, 0.25) is 5.91 Å². The average molecular weight is 507 g/mol. The summed E-state index contributed by atoms with van der Waals surface area (Å²) >= 11 is 6.07. The van der Waals surface area contributed by atoms with Crippen LogP contribution in [0.5, 0.6) is 0 Å². The predicted molar refractivity (Wildman–Crippen MR) is 129 cm³/mol. The molecule has 3 rings (SSSR count). The van der Waals surface area contributed by atoms with Crippen LogP contribution in [0.3, 0.4) is 0 Å². The van der Waals surface area contributed by atoms with Gasteiger partial charge in [-0.15, -0.1) is 0 Å². The third-order valence-electron chi connectivity index (χ3n) is 4.90. The van der Waals surface area contributed by atoms with Gasteiger partial charge in [0, 0.05) is 11.3 Å². The fraction of sp³-hybridized carbons (Fsp3) is 0.174. The first kappa shape index (κ1) is 24.8. The van der Waals surface area contributed by atoms with E-state index in [0.717, 1.165) is 10.6 Å². The van der Waals surface area contributed by atoms with Crippen LogP contribution in [-0.4, -0.2) is 35.5 Å². The summed E-state index contributed by atoms with van der Waals surface area (Å²) in [5.41, 5.74) is 0.933. The average Bonchev–Trinajstić information content (AvgIpc) is 2.77. The third kappa shape index (κ3) is 6.13. The Morgan fingerprint density at radius 3 is 2.12 bits per heavy atom. The van der Waals surface area contributed by atoms with Crippen LogP contribution in [-0.2, 0) is 24.7 Å². The van der Waals surface area contributed by atoms with E-state index in [1.54, 1.807) is 55.5 Å². The third-order valence-corrected chi connectivity index (χ3v) is 8.05. The maximum absolute atomic E-state index is 13.3. The second-order valence-corrected chi connectivity index (χ2v) is 11.7. The van der Waals surface area contributed by atoms with E-state index < -0.39 is 38.4 Å². The van der Waals surface area contributed by atoms with E-state index in [2.05, 4.69) is 5.32 Å². The number of hydrogen-bond donors (Lipinski definition) is 1. The Kier molecular flexibility index (Phi) is 7.46. The summed E-state index contributed by atoms with van der Waals surface area (Å²) in [7, 11) is -7.37. The number of halogens is 1. The summed E-state index contributed by atoms with van der Waals surface area (Å²) in [6.07, 6.45) is 1.12. The number of amides is 1. The molecule has 0 aliphatic heterocycles. The maximum atomic E-state index is 13.3. The van der Waals surface area contributed by atoms with Gasteiger partial charge < -0.3 is 5.32 Å². The molecule has 0 radical (unpaired) electrons. The van der Waals surface area contributed by atoms with E-state index in [-0.39, 0.29) is 15.5 Å². The van der Waals surface area contributed by atoms with E-state index in [1.807, 2.05) is 0 Å². The van der Waals surface area contributed by atoms with Crippen molar-refractivity contribution in [3.63, 3.8) is 0 Å². The quantitative estimate of drug-likeness (QED) is 0.500. The normalized spacial score (nSPS) is 12.7. The topological polar surface area (TPSA) is 101 Å². The van der Waals surface area contributed by atoms with Gasteiger partial charge in [-0.25, -0.2) is 16.8 Å². The Morgan fingerprint density at radius 2 is 1.55 bits per heavy atom. The number of nitrogens with one attached hydrogen (secondary N) is 1. The first-order valence-electron chi connectivity index (χ1n) is 9.91. The maximum Gasteiger partial charge on any atom is 0.264 e. The number of rotatable bonds is 8. The van der Waals surface area contributed by atoms with Gasteiger partial charge in [-0.3, -0.25) is 9.10 Å². The van der Waals surface area contributed by atoms with Crippen LogP contribution in [0.15, 0.2) is 88.7 Å². The van der Waals surface area contributed by atoms with Gasteiger partial charge in [-0.1, -0.05) is 48.0 Å². The van der Waals surface area contributed by atoms with Crippen molar-refractivity contribution >= 4 is 43.1 Å². The molecule has 1 N–H and O–H groups in total. The molecule has 0 heterocycles. The Morgan fingerprint density at radius 1 is 0.909 bits per heavy atom. The summed E-state index contributed by atoms with van der Waals surface area (Å²) in [5, 5.41) is 3.10. The highest BCUT2D eigenvalue weighted by Gasteiger charge is 2.27. The summed E-state index contributed by atoms with van der Waals surface area (Å²) < 4.78 is 50.9. The minimum Gasteiger partial charge on any atom is -0.348 e. The van der Waals surface area contributed by atoms with Crippen LogP contribution >= 0.6 is 11.6 Å². The number of anilines is 1. The molecule has 0 spiro atoms. The molecule has 10 heteroatoms. The van der Waals surface area contributed by atoms with Crippen molar-refractivity contribution in [3.8, 4) is 0 Å². The minimum atomic E-state index is -4.04. The van der Waals surface area contributed by atoms with E-state index >= 15 is 0 Å². The Balaban J connectivity index is 1.85. The molecule has 3 aromatic rings. The molecule has 0 saturated heterocycles. The number of nitrogens with zero attached hydrogens (tertiary/aromatic N) is 1. The van der Waals surface area contributed by atoms with E-state index in [0.29, 0.717) is 10.6 Å². The smallest absolute Gasteiger partial charge is 0.264 e. The molecule has 1 amide bonds. The Bertz CT molecular complexity index is 1340. The fourth-order valence-corrected chi connectivity index (χ4v) is 5.42. The lowest BCUT2D eigenvalue weighted by Gasteiger charge is -2.25. The predicted octanol–water partition coefficient (Wildman–Crippen LogP) is 3.82. The molecule has 1 atom stereocenters. The molecule has 33 heavy (non-hydrogen) atoms. The molecule has 0 bridgehead atoms. The van der Waals surface area contributed by atoms with Crippen LogP contribution in [0, 0.1) is 0 Å². The molecule has 0 aliphatic rings. The second-order valence-electron chi connectivity index (χ2n) is 7.44. The molecule has 3 aromatic carbocycles. The van der Waals surface area contributed by atoms with Crippen molar-refractivity contribution < 1.29 is 21.6 Å².